The number of anilines is 2. The summed E-state index contributed by atoms with van der Waals surface area (Å²) in [6.45, 7) is 5.98. The molecule has 1 heterocycles. The molecule has 0 saturated carbocycles. The summed E-state index contributed by atoms with van der Waals surface area (Å²) in [5.74, 6) is -0.440. The van der Waals surface area contributed by atoms with Crippen LogP contribution in [-0.4, -0.2) is 40.5 Å². The molecule has 2 aromatic carbocycles. The lowest BCUT2D eigenvalue weighted by Crippen LogP contribution is -2.42. The van der Waals surface area contributed by atoms with Crippen LogP contribution in [0.1, 0.15) is 44.7 Å². The van der Waals surface area contributed by atoms with E-state index in [1.807, 2.05) is 19.1 Å². The van der Waals surface area contributed by atoms with Gasteiger partial charge in [-0.05, 0) is 49.4 Å². The number of ketones is 1. The maximum absolute atomic E-state index is 13.9. The van der Waals surface area contributed by atoms with Gasteiger partial charge in [0.05, 0.1) is 23.0 Å². The lowest BCUT2D eigenvalue weighted by molar-refractivity contribution is -0.120. The summed E-state index contributed by atoms with van der Waals surface area (Å²) in [4.78, 5) is 13.9. The summed E-state index contributed by atoms with van der Waals surface area (Å²) >= 11 is 0. The number of hydrogen-bond acceptors (Lipinski definition) is 8. The van der Waals surface area contributed by atoms with Gasteiger partial charge in [0.25, 0.3) is 0 Å². The molecule has 5 N–H and O–H groups in total. The van der Waals surface area contributed by atoms with E-state index in [9.17, 15) is 27.4 Å². The zero-order valence-electron chi connectivity index (χ0n) is 19.9. The Labute approximate surface area is 206 Å². The second-order valence-corrected chi connectivity index (χ2v) is 12.9. The van der Waals surface area contributed by atoms with Gasteiger partial charge in [0, 0.05) is 5.56 Å². The smallest absolute Gasteiger partial charge is 0.229 e. The minimum atomic E-state index is -3.81. The van der Waals surface area contributed by atoms with Crippen molar-refractivity contribution < 1.29 is 27.4 Å². The molecular weight excluding hydrogens is 490 g/mol. The fraction of sp³-hybridized carbons (Fsp3) is 0.333. The van der Waals surface area contributed by atoms with E-state index in [0.717, 1.165) is 12.7 Å². The van der Waals surface area contributed by atoms with Gasteiger partial charge in [0.15, 0.2) is 11.6 Å². The third-order valence-electron chi connectivity index (χ3n) is 6.25. The molecule has 1 atom stereocenters. The maximum Gasteiger partial charge on any atom is 0.229 e. The molecule has 0 fully saturated rings. The average Bonchev–Trinajstić information content (AvgIpc) is 2.76. The van der Waals surface area contributed by atoms with Crippen LogP contribution in [0.25, 0.3) is 5.76 Å². The molecule has 1 unspecified atom stereocenters. The van der Waals surface area contributed by atoms with Crippen LogP contribution in [0.5, 0.6) is 0 Å². The molecule has 0 spiro atoms. The quantitative estimate of drug-likeness (QED) is 0.354. The van der Waals surface area contributed by atoms with E-state index in [2.05, 4.69) is 28.3 Å². The van der Waals surface area contributed by atoms with Crippen molar-refractivity contribution in [3.8, 4) is 0 Å². The monoisotopic (exact) mass is 519 g/mol. The number of amidine groups is 1. The number of aliphatic hydroxyl groups excluding tert-OH is 1. The van der Waals surface area contributed by atoms with Crippen molar-refractivity contribution >= 4 is 49.6 Å². The minimum Gasteiger partial charge on any atom is -0.506 e. The Morgan fingerprint density at radius 2 is 1.86 bits per heavy atom. The Bertz CT molecular complexity index is 1380. The number of rotatable bonds is 6. The van der Waals surface area contributed by atoms with Gasteiger partial charge in [-0.15, -0.1) is 4.40 Å². The first-order valence-electron chi connectivity index (χ1n) is 11.1. The van der Waals surface area contributed by atoms with Crippen molar-refractivity contribution in [2.24, 2.45) is 10.3 Å². The van der Waals surface area contributed by atoms with Crippen molar-refractivity contribution in [1.82, 2.24) is 0 Å². The lowest BCUT2D eigenvalue weighted by Gasteiger charge is -2.39. The topological polar surface area (TPSA) is 148 Å². The Morgan fingerprint density at radius 3 is 2.51 bits per heavy atom. The van der Waals surface area contributed by atoms with E-state index in [4.69, 9.17) is 0 Å². The Hall–Kier alpha value is -2.86. The molecule has 9 nitrogen and oxygen atoms in total. The molecule has 35 heavy (non-hydrogen) atoms. The molecule has 0 aromatic heterocycles. The van der Waals surface area contributed by atoms with Crippen LogP contribution < -0.4 is 10.0 Å². The number of aliphatic hydroxyl groups is 1. The Morgan fingerprint density at radius 1 is 1.17 bits per heavy atom. The lowest BCUT2D eigenvalue weighted by atomic mass is 9.66. The van der Waals surface area contributed by atoms with Gasteiger partial charge < -0.3 is 10.4 Å². The van der Waals surface area contributed by atoms with E-state index in [1.165, 1.54) is 18.2 Å². The summed E-state index contributed by atoms with van der Waals surface area (Å²) in [6, 6.07) is 11.3. The standard InChI is InChI=1S/C24H29N3O6S2/c1-14(2)11-12-24(3)17-8-6-5-7-16(17)21(28)20(22(24)29)23-25-18-10-9-15(26-34(4,30)31)13-19(18)35(32,33)27-23/h5-10,13-14,26,28,32-33H,11-12H2,1-4H3,(H,25,27). The molecule has 0 radical (unpaired) electrons. The third kappa shape index (κ3) is 4.68. The summed E-state index contributed by atoms with van der Waals surface area (Å²) in [5.41, 5.74) is 0.528. The van der Waals surface area contributed by atoms with Gasteiger partial charge in [-0.1, -0.05) is 48.9 Å². The number of Topliss-reactive ketones (excluding diaryl/α,β-unsaturated/α-hetero) is 1. The Balaban J connectivity index is 1.82. The van der Waals surface area contributed by atoms with Gasteiger partial charge in [-0.3, -0.25) is 18.6 Å². The van der Waals surface area contributed by atoms with Gasteiger partial charge in [0.2, 0.25) is 10.0 Å². The zero-order valence-corrected chi connectivity index (χ0v) is 21.5. The molecule has 11 heteroatoms. The van der Waals surface area contributed by atoms with Crippen LogP contribution in [0, 0.1) is 5.92 Å². The highest BCUT2D eigenvalue weighted by atomic mass is 32.3. The number of carbonyl (C=O) groups excluding carboxylic acids is 1. The molecule has 1 aliphatic carbocycles. The number of nitrogens with zero attached hydrogens (tertiary/aromatic N) is 1. The fourth-order valence-corrected chi connectivity index (χ4v) is 6.17. The molecular formula is C24H29N3O6S2. The molecule has 188 valence electrons. The first-order valence-corrected chi connectivity index (χ1v) is 14.5. The predicted molar refractivity (Wildman–Crippen MR) is 140 cm³/mol. The molecule has 2 aliphatic rings. The summed E-state index contributed by atoms with van der Waals surface area (Å²) in [6.07, 6.45) is 2.30. The second-order valence-electron chi connectivity index (χ2n) is 9.53. The van der Waals surface area contributed by atoms with E-state index in [1.54, 1.807) is 12.1 Å². The number of nitrogens with one attached hydrogen (secondary N) is 2. The summed E-state index contributed by atoms with van der Waals surface area (Å²) in [7, 11) is -7.39. The van der Waals surface area contributed by atoms with Crippen LogP contribution in [0.4, 0.5) is 11.4 Å². The predicted octanol–water partition coefficient (Wildman–Crippen LogP) is 5.15. The van der Waals surface area contributed by atoms with E-state index in [-0.39, 0.29) is 39.2 Å². The fourth-order valence-electron chi connectivity index (χ4n) is 4.42. The van der Waals surface area contributed by atoms with E-state index >= 15 is 0 Å². The second kappa shape index (κ2) is 8.66. The SMILES string of the molecule is CC(C)CCC1(C)C(=O)C(C2=NS(O)(O)c3cc(NS(C)(=O)=O)ccc3N2)=C(O)c2ccccc21. The molecule has 2 aromatic rings. The highest BCUT2D eigenvalue weighted by Gasteiger charge is 2.46. The highest BCUT2D eigenvalue weighted by molar-refractivity contribution is 8.23. The molecule has 0 bridgehead atoms. The van der Waals surface area contributed by atoms with E-state index < -0.39 is 26.2 Å². The van der Waals surface area contributed by atoms with Crippen LogP contribution >= 0.6 is 10.8 Å². The normalized spacial score (nSPS) is 22.1. The van der Waals surface area contributed by atoms with Crippen LogP contribution in [-0.2, 0) is 20.2 Å². The van der Waals surface area contributed by atoms with Gasteiger partial charge in [-0.2, -0.15) is 0 Å². The number of carbonyl (C=O) groups is 1. The van der Waals surface area contributed by atoms with Crippen LogP contribution in [0.15, 0.2) is 57.3 Å². The number of hydrogen-bond donors (Lipinski definition) is 5. The summed E-state index contributed by atoms with van der Waals surface area (Å²) in [5, 5.41) is 14.1. The Kier molecular flexibility index (Phi) is 6.25. The van der Waals surface area contributed by atoms with Crippen molar-refractivity contribution in [3.05, 3.63) is 59.2 Å². The van der Waals surface area contributed by atoms with Crippen molar-refractivity contribution in [2.45, 2.75) is 43.9 Å². The molecule has 4 rings (SSSR count). The minimum absolute atomic E-state index is 0.0267. The van der Waals surface area contributed by atoms with Crippen molar-refractivity contribution in [2.75, 3.05) is 16.3 Å². The van der Waals surface area contributed by atoms with Gasteiger partial charge in [-0.25, -0.2) is 8.42 Å². The first kappa shape index (κ1) is 25.2. The highest BCUT2D eigenvalue weighted by Crippen LogP contribution is 2.57. The summed E-state index contributed by atoms with van der Waals surface area (Å²) < 4.78 is 51.2. The van der Waals surface area contributed by atoms with E-state index in [0.29, 0.717) is 23.5 Å². The van der Waals surface area contributed by atoms with Crippen LogP contribution in [0.3, 0.4) is 0 Å². The van der Waals surface area contributed by atoms with Gasteiger partial charge >= 0.3 is 0 Å². The molecule has 1 aliphatic heterocycles. The average molecular weight is 520 g/mol. The molecule has 0 saturated heterocycles. The van der Waals surface area contributed by atoms with Gasteiger partial charge in [0.1, 0.15) is 16.2 Å². The number of sulfonamides is 1. The first-order chi connectivity index (χ1) is 16.2. The van der Waals surface area contributed by atoms with Crippen molar-refractivity contribution in [1.29, 1.82) is 0 Å². The number of benzene rings is 2. The third-order valence-corrected chi connectivity index (χ3v) is 8.22. The molecule has 0 amide bonds. The largest absolute Gasteiger partial charge is 0.506 e. The number of fused-ring (bicyclic) bond motifs is 2. The zero-order chi connectivity index (χ0) is 25.8. The maximum atomic E-state index is 13.9. The van der Waals surface area contributed by atoms with Crippen LogP contribution in [0.2, 0.25) is 0 Å². The van der Waals surface area contributed by atoms with Crippen molar-refractivity contribution in [3.63, 3.8) is 0 Å².